The molecular formula is C27H28FN6O2S. The fourth-order valence-electron chi connectivity index (χ4n) is 5.12. The van der Waals surface area contributed by atoms with Gasteiger partial charge in [-0.15, -0.1) is 0 Å². The number of anilines is 1. The lowest BCUT2D eigenvalue weighted by Gasteiger charge is -2.35. The maximum Gasteiger partial charge on any atom is 0.162 e. The number of allylic oxidation sites excluding steroid dienone is 4. The van der Waals surface area contributed by atoms with E-state index in [1.165, 1.54) is 18.4 Å². The third-order valence-electron chi connectivity index (χ3n) is 6.95. The maximum absolute atomic E-state index is 13.9. The molecule has 0 amide bonds. The molecule has 37 heavy (non-hydrogen) atoms. The summed E-state index contributed by atoms with van der Waals surface area (Å²) < 4.78 is 37.9. The molecule has 1 N–H and O–H groups in total. The summed E-state index contributed by atoms with van der Waals surface area (Å²) in [5.74, 6) is 1.59. The van der Waals surface area contributed by atoms with Crippen LogP contribution in [0.5, 0.6) is 0 Å². The van der Waals surface area contributed by atoms with Crippen molar-refractivity contribution in [1.82, 2.24) is 25.3 Å². The molecule has 1 radical (unpaired) electrons. The van der Waals surface area contributed by atoms with E-state index in [0.29, 0.717) is 43.5 Å². The zero-order valence-electron chi connectivity index (χ0n) is 20.6. The number of nitrogens with one attached hydrogen (secondary N) is 1. The first-order valence-electron chi connectivity index (χ1n) is 12.5. The number of fused-ring (bicyclic) bond motifs is 1. The number of hydrogen-bond donors (Lipinski definition) is 1. The minimum atomic E-state index is -3.13. The van der Waals surface area contributed by atoms with Crippen molar-refractivity contribution in [2.24, 2.45) is 0 Å². The number of rotatable bonds is 6. The molecule has 3 aliphatic rings. The second kappa shape index (κ2) is 9.57. The number of sulfone groups is 1. The summed E-state index contributed by atoms with van der Waals surface area (Å²) in [6.07, 6.45) is 14.3. The van der Waals surface area contributed by atoms with E-state index in [9.17, 15) is 12.8 Å². The van der Waals surface area contributed by atoms with Crippen LogP contribution < -0.4 is 10.2 Å². The summed E-state index contributed by atoms with van der Waals surface area (Å²) >= 11 is 0. The minimum Gasteiger partial charge on any atom is -0.353 e. The van der Waals surface area contributed by atoms with Gasteiger partial charge in [-0.25, -0.2) is 22.8 Å². The van der Waals surface area contributed by atoms with Crippen LogP contribution in [-0.4, -0.2) is 66.0 Å². The molecule has 10 heteroatoms. The predicted molar refractivity (Wildman–Crippen MR) is 142 cm³/mol. The highest BCUT2D eigenvalue weighted by Gasteiger charge is 2.31. The second-order valence-corrected chi connectivity index (χ2v) is 12.2. The van der Waals surface area contributed by atoms with Crippen LogP contribution in [0.15, 0.2) is 48.7 Å². The largest absolute Gasteiger partial charge is 0.353 e. The van der Waals surface area contributed by atoms with Crippen LogP contribution in [0, 0.1) is 6.42 Å². The Kier molecular flexibility index (Phi) is 6.24. The SMILES string of the molecule is CS(=O)(=O)C[C@H]1CN(c2nc(-c3ccnc(C4=CC(F)=CC[CH]4)c3)nc3cncc(C4CC4)c23)CCN1. The van der Waals surface area contributed by atoms with E-state index in [1.807, 2.05) is 24.8 Å². The van der Waals surface area contributed by atoms with Crippen LogP contribution in [0.2, 0.25) is 0 Å². The monoisotopic (exact) mass is 519 g/mol. The van der Waals surface area contributed by atoms with E-state index < -0.39 is 9.84 Å². The lowest BCUT2D eigenvalue weighted by molar-refractivity contribution is 0.479. The van der Waals surface area contributed by atoms with Gasteiger partial charge in [-0.2, -0.15) is 0 Å². The van der Waals surface area contributed by atoms with Gasteiger partial charge in [0.05, 0.1) is 23.2 Å². The highest BCUT2D eigenvalue weighted by atomic mass is 32.2. The van der Waals surface area contributed by atoms with Crippen LogP contribution in [0.3, 0.4) is 0 Å². The molecule has 0 bridgehead atoms. The normalized spacial score (nSPS) is 20.6. The summed E-state index contributed by atoms with van der Waals surface area (Å²) in [7, 11) is -3.13. The summed E-state index contributed by atoms with van der Waals surface area (Å²) in [6, 6.07) is 3.55. The van der Waals surface area contributed by atoms with Crippen molar-refractivity contribution < 1.29 is 12.8 Å². The molecule has 0 aromatic carbocycles. The Morgan fingerprint density at radius 3 is 2.86 bits per heavy atom. The number of pyridine rings is 2. The Labute approximate surface area is 215 Å². The van der Waals surface area contributed by atoms with Crippen molar-refractivity contribution in [3.63, 3.8) is 0 Å². The molecule has 0 spiro atoms. The van der Waals surface area contributed by atoms with Gasteiger partial charge in [0, 0.05) is 55.3 Å². The van der Waals surface area contributed by atoms with Crippen molar-refractivity contribution in [2.75, 3.05) is 36.5 Å². The number of halogens is 1. The predicted octanol–water partition coefficient (Wildman–Crippen LogP) is 3.63. The zero-order chi connectivity index (χ0) is 25.6. The Balaban J connectivity index is 1.45. The number of nitrogens with zero attached hydrogens (tertiary/aromatic N) is 5. The van der Waals surface area contributed by atoms with E-state index in [0.717, 1.165) is 46.3 Å². The molecule has 3 aromatic heterocycles. The average molecular weight is 520 g/mol. The molecule has 2 fully saturated rings. The minimum absolute atomic E-state index is 0.0702. The first-order valence-corrected chi connectivity index (χ1v) is 14.6. The van der Waals surface area contributed by atoms with Crippen LogP contribution in [0.4, 0.5) is 10.2 Å². The Hall–Kier alpha value is -3.24. The first-order chi connectivity index (χ1) is 17.8. The van der Waals surface area contributed by atoms with Crippen LogP contribution in [0.25, 0.3) is 27.9 Å². The van der Waals surface area contributed by atoms with Gasteiger partial charge in [0.25, 0.3) is 0 Å². The molecule has 1 aliphatic heterocycles. The van der Waals surface area contributed by atoms with Gasteiger partial charge in [-0.1, -0.05) is 0 Å². The van der Waals surface area contributed by atoms with Gasteiger partial charge in [-0.05, 0) is 67.0 Å². The Bertz CT molecular complexity index is 1530. The average Bonchev–Trinajstić information content (AvgIpc) is 3.72. The molecule has 3 aromatic rings. The van der Waals surface area contributed by atoms with Crippen LogP contribution >= 0.6 is 0 Å². The van der Waals surface area contributed by atoms with E-state index >= 15 is 0 Å². The summed E-state index contributed by atoms with van der Waals surface area (Å²) in [6.45, 7) is 1.89. The highest BCUT2D eigenvalue weighted by molar-refractivity contribution is 7.90. The van der Waals surface area contributed by atoms with Crippen molar-refractivity contribution >= 4 is 32.1 Å². The lowest BCUT2D eigenvalue weighted by Crippen LogP contribution is -2.53. The first kappa shape index (κ1) is 24.1. The van der Waals surface area contributed by atoms with Crippen LogP contribution in [-0.2, 0) is 9.84 Å². The molecule has 6 rings (SSSR count). The van der Waals surface area contributed by atoms with Crippen molar-refractivity contribution in [2.45, 2.75) is 31.2 Å². The van der Waals surface area contributed by atoms with Gasteiger partial charge >= 0.3 is 0 Å². The van der Waals surface area contributed by atoms with E-state index in [-0.39, 0.29) is 17.6 Å². The van der Waals surface area contributed by atoms with Crippen LogP contribution in [0.1, 0.15) is 36.4 Å². The molecule has 4 heterocycles. The summed E-state index contributed by atoms with van der Waals surface area (Å²) in [4.78, 5) is 21.1. The number of aromatic nitrogens is 4. The molecule has 8 nitrogen and oxygen atoms in total. The molecule has 191 valence electrons. The van der Waals surface area contributed by atoms with E-state index in [2.05, 4.69) is 20.2 Å². The lowest BCUT2D eigenvalue weighted by atomic mass is 10.00. The van der Waals surface area contributed by atoms with Gasteiger partial charge in [0.1, 0.15) is 21.5 Å². The van der Waals surface area contributed by atoms with Gasteiger partial charge < -0.3 is 10.2 Å². The topological polar surface area (TPSA) is 101 Å². The highest BCUT2D eigenvalue weighted by Crippen LogP contribution is 2.45. The van der Waals surface area contributed by atoms with Crippen molar-refractivity contribution in [3.8, 4) is 11.4 Å². The number of piperazine rings is 1. The molecule has 1 saturated carbocycles. The quantitative estimate of drug-likeness (QED) is 0.527. The smallest absolute Gasteiger partial charge is 0.162 e. The molecule has 0 unspecified atom stereocenters. The second-order valence-electron chi connectivity index (χ2n) is 10.0. The molecular weight excluding hydrogens is 491 g/mol. The van der Waals surface area contributed by atoms with Gasteiger partial charge in [0.15, 0.2) is 5.82 Å². The van der Waals surface area contributed by atoms with Crippen molar-refractivity contribution in [1.29, 1.82) is 0 Å². The number of hydrogen-bond acceptors (Lipinski definition) is 8. The zero-order valence-corrected chi connectivity index (χ0v) is 21.4. The summed E-state index contributed by atoms with van der Waals surface area (Å²) in [5, 5.41) is 4.33. The van der Waals surface area contributed by atoms with Crippen molar-refractivity contribution in [3.05, 3.63) is 66.4 Å². The van der Waals surface area contributed by atoms with Gasteiger partial charge in [0.2, 0.25) is 0 Å². The Morgan fingerprint density at radius 1 is 1.22 bits per heavy atom. The summed E-state index contributed by atoms with van der Waals surface area (Å²) in [5.41, 5.74) is 4.07. The standard InChI is InChI=1S/C27H28FN6O2S/c1-37(35,36)16-21-15-34(10-9-30-21)27-25-22(17-5-6-17)13-29-14-24(25)32-26(33-27)19-7-8-31-23(12-19)18-3-2-4-20(28)11-18/h3-4,7-8,11-14,17,21,30H,2,5-6,9-10,15-16H2,1H3/t21-/m1/s1. The van der Waals surface area contributed by atoms with Gasteiger partial charge in [-0.3, -0.25) is 9.97 Å². The molecule has 2 aliphatic carbocycles. The van der Waals surface area contributed by atoms with E-state index in [1.54, 1.807) is 12.4 Å². The third-order valence-corrected chi connectivity index (χ3v) is 7.96. The maximum atomic E-state index is 13.9. The van der Waals surface area contributed by atoms with E-state index in [4.69, 9.17) is 9.97 Å². The Morgan fingerprint density at radius 2 is 2.08 bits per heavy atom. The molecule has 1 atom stereocenters. The molecule has 1 saturated heterocycles. The fourth-order valence-corrected chi connectivity index (χ4v) is 6.07. The third kappa shape index (κ3) is 5.26. The fraction of sp³-hybridized carbons (Fsp3) is 0.370.